The summed E-state index contributed by atoms with van der Waals surface area (Å²) in [4.78, 5) is 8.25. The molecule has 0 atom stereocenters. The van der Waals surface area contributed by atoms with Crippen LogP contribution < -0.4 is 5.73 Å². The van der Waals surface area contributed by atoms with E-state index in [1.54, 1.807) is 18.5 Å². The average molecular weight is 235 g/mol. The minimum Gasteiger partial charge on any atom is -0.372 e. The van der Waals surface area contributed by atoms with Gasteiger partial charge in [-0.1, -0.05) is 25.7 Å². The maximum absolute atomic E-state index is 6.36. The molecule has 17 heavy (non-hydrogen) atoms. The molecular formula is C13H21N3O. The summed E-state index contributed by atoms with van der Waals surface area (Å²) in [5, 5.41) is 0. The Morgan fingerprint density at radius 2 is 1.76 bits per heavy atom. The first-order valence-corrected chi connectivity index (χ1v) is 6.41. The molecule has 0 saturated heterocycles. The van der Waals surface area contributed by atoms with Gasteiger partial charge >= 0.3 is 0 Å². The maximum Gasteiger partial charge on any atom is 0.153 e. The van der Waals surface area contributed by atoms with Gasteiger partial charge in [-0.3, -0.25) is 0 Å². The van der Waals surface area contributed by atoms with Gasteiger partial charge in [0.15, 0.2) is 5.82 Å². The molecule has 0 radical (unpaired) electrons. The molecule has 94 valence electrons. The zero-order valence-corrected chi connectivity index (χ0v) is 10.3. The average Bonchev–Trinajstić information content (AvgIpc) is 2.56. The van der Waals surface area contributed by atoms with Crippen molar-refractivity contribution in [3.63, 3.8) is 0 Å². The topological polar surface area (TPSA) is 61.0 Å². The van der Waals surface area contributed by atoms with Crippen LogP contribution in [0, 0.1) is 0 Å². The van der Waals surface area contributed by atoms with Gasteiger partial charge in [0.2, 0.25) is 0 Å². The van der Waals surface area contributed by atoms with Crippen molar-refractivity contribution in [3.8, 4) is 0 Å². The molecule has 0 bridgehead atoms. The lowest BCUT2D eigenvalue weighted by Gasteiger charge is -2.27. The molecule has 2 rings (SSSR count). The normalized spacial score (nSPS) is 19.8. The van der Waals surface area contributed by atoms with Crippen molar-refractivity contribution in [3.05, 3.63) is 24.3 Å². The fourth-order valence-electron chi connectivity index (χ4n) is 2.33. The zero-order valence-electron chi connectivity index (χ0n) is 10.3. The van der Waals surface area contributed by atoms with Gasteiger partial charge in [0, 0.05) is 17.9 Å². The molecule has 4 nitrogen and oxygen atoms in total. The largest absolute Gasteiger partial charge is 0.372 e. The number of ether oxygens (including phenoxy) is 1. The van der Waals surface area contributed by atoms with Crippen molar-refractivity contribution in [1.82, 2.24) is 9.97 Å². The summed E-state index contributed by atoms with van der Waals surface area (Å²) in [6.07, 6.45) is 10.7. The lowest BCUT2D eigenvalue weighted by molar-refractivity contribution is 0.0629. The summed E-state index contributed by atoms with van der Waals surface area (Å²) in [7, 11) is 0. The summed E-state index contributed by atoms with van der Waals surface area (Å²) in [6.45, 7) is 1.07. The molecule has 1 heterocycles. The van der Waals surface area contributed by atoms with Crippen LogP contribution in [-0.2, 0) is 11.3 Å². The van der Waals surface area contributed by atoms with Crippen LogP contribution in [-0.4, -0.2) is 22.1 Å². The highest BCUT2D eigenvalue weighted by Crippen LogP contribution is 2.25. The van der Waals surface area contributed by atoms with E-state index in [4.69, 9.17) is 10.5 Å². The van der Waals surface area contributed by atoms with E-state index in [1.165, 1.54) is 25.7 Å². The second-order valence-electron chi connectivity index (χ2n) is 4.93. The Hall–Kier alpha value is -1.00. The third-order valence-electron chi connectivity index (χ3n) is 3.34. The van der Waals surface area contributed by atoms with Gasteiger partial charge in [-0.05, 0) is 18.9 Å². The SMILES string of the molecule is NC1(COCc2ncccn2)CCCCCC1. The molecule has 0 unspecified atom stereocenters. The Bertz CT molecular complexity index is 321. The Balaban J connectivity index is 1.77. The highest BCUT2D eigenvalue weighted by molar-refractivity contribution is 4.88. The number of nitrogens with zero attached hydrogens (tertiary/aromatic N) is 2. The van der Waals surface area contributed by atoms with Gasteiger partial charge in [0.1, 0.15) is 6.61 Å². The monoisotopic (exact) mass is 235 g/mol. The smallest absolute Gasteiger partial charge is 0.153 e. The number of rotatable bonds is 4. The van der Waals surface area contributed by atoms with E-state index in [0.29, 0.717) is 13.2 Å². The summed E-state index contributed by atoms with van der Waals surface area (Å²) < 4.78 is 5.67. The zero-order chi connectivity index (χ0) is 12.0. The van der Waals surface area contributed by atoms with E-state index in [1.807, 2.05) is 0 Å². The number of hydrogen-bond acceptors (Lipinski definition) is 4. The minimum atomic E-state index is -0.134. The quantitative estimate of drug-likeness (QED) is 0.811. The Morgan fingerprint density at radius 3 is 2.41 bits per heavy atom. The van der Waals surface area contributed by atoms with E-state index in [9.17, 15) is 0 Å². The van der Waals surface area contributed by atoms with E-state index in [2.05, 4.69) is 9.97 Å². The predicted molar refractivity (Wildman–Crippen MR) is 66.3 cm³/mol. The predicted octanol–water partition coefficient (Wildman–Crippen LogP) is 2.04. The number of aromatic nitrogens is 2. The van der Waals surface area contributed by atoms with Gasteiger partial charge in [-0.25, -0.2) is 9.97 Å². The Morgan fingerprint density at radius 1 is 1.12 bits per heavy atom. The molecule has 0 aliphatic heterocycles. The van der Waals surface area contributed by atoms with Crippen LogP contribution in [0.15, 0.2) is 18.5 Å². The van der Waals surface area contributed by atoms with Crippen LogP contribution in [0.25, 0.3) is 0 Å². The lowest BCUT2D eigenvalue weighted by Crippen LogP contribution is -2.43. The maximum atomic E-state index is 6.36. The standard InChI is InChI=1S/C13H21N3O/c14-13(6-3-1-2-4-7-13)11-17-10-12-15-8-5-9-16-12/h5,8-9H,1-4,6-7,10-11,14H2. The molecule has 0 spiro atoms. The molecule has 4 heteroatoms. The second-order valence-corrected chi connectivity index (χ2v) is 4.93. The third kappa shape index (κ3) is 4.06. The number of hydrogen-bond donors (Lipinski definition) is 1. The van der Waals surface area contributed by atoms with E-state index >= 15 is 0 Å². The number of nitrogens with two attached hydrogens (primary N) is 1. The molecule has 0 aromatic carbocycles. The molecule has 2 N–H and O–H groups in total. The van der Waals surface area contributed by atoms with Crippen LogP contribution in [0.3, 0.4) is 0 Å². The summed E-state index contributed by atoms with van der Waals surface area (Å²) in [6, 6.07) is 1.80. The van der Waals surface area contributed by atoms with Crippen molar-refractivity contribution >= 4 is 0 Å². The van der Waals surface area contributed by atoms with Crippen molar-refractivity contribution < 1.29 is 4.74 Å². The van der Waals surface area contributed by atoms with Crippen molar-refractivity contribution in [2.75, 3.05) is 6.61 Å². The fourth-order valence-corrected chi connectivity index (χ4v) is 2.33. The molecule has 1 aliphatic rings. The fraction of sp³-hybridized carbons (Fsp3) is 0.692. The second kappa shape index (κ2) is 6.07. The first-order valence-electron chi connectivity index (χ1n) is 6.41. The van der Waals surface area contributed by atoms with E-state index < -0.39 is 0 Å². The summed E-state index contributed by atoms with van der Waals surface area (Å²) >= 11 is 0. The third-order valence-corrected chi connectivity index (χ3v) is 3.34. The van der Waals surface area contributed by atoms with Gasteiger partial charge < -0.3 is 10.5 Å². The van der Waals surface area contributed by atoms with Crippen LogP contribution in [0.2, 0.25) is 0 Å². The van der Waals surface area contributed by atoms with Crippen molar-refractivity contribution in [2.24, 2.45) is 5.73 Å². The van der Waals surface area contributed by atoms with Gasteiger partial charge in [0.25, 0.3) is 0 Å². The van der Waals surface area contributed by atoms with Gasteiger partial charge in [-0.2, -0.15) is 0 Å². The molecule has 1 aliphatic carbocycles. The van der Waals surface area contributed by atoms with Crippen LogP contribution >= 0.6 is 0 Å². The van der Waals surface area contributed by atoms with Gasteiger partial charge in [0.05, 0.1) is 6.61 Å². The molecule has 1 aromatic rings. The molecule has 1 aromatic heterocycles. The first-order chi connectivity index (χ1) is 8.29. The molecular weight excluding hydrogens is 214 g/mol. The van der Waals surface area contributed by atoms with Crippen LogP contribution in [0.1, 0.15) is 44.3 Å². The summed E-state index contributed by atoms with van der Waals surface area (Å²) in [5.74, 6) is 0.727. The van der Waals surface area contributed by atoms with Gasteiger partial charge in [-0.15, -0.1) is 0 Å². The highest BCUT2D eigenvalue weighted by Gasteiger charge is 2.26. The Kier molecular flexibility index (Phi) is 4.45. The lowest BCUT2D eigenvalue weighted by atomic mass is 9.93. The first kappa shape index (κ1) is 12.5. The minimum absolute atomic E-state index is 0.134. The highest BCUT2D eigenvalue weighted by atomic mass is 16.5. The summed E-state index contributed by atoms with van der Waals surface area (Å²) in [5.41, 5.74) is 6.22. The Labute approximate surface area is 103 Å². The van der Waals surface area contributed by atoms with E-state index in [-0.39, 0.29) is 5.54 Å². The van der Waals surface area contributed by atoms with Crippen molar-refractivity contribution in [2.45, 2.75) is 50.7 Å². The van der Waals surface area contributed by atoms with Crippen LogP contribution in [0.4, 0.5) is 0 Å². The van der Waals surface area contributed by atoms with Crippen LogP contribution in [0.5, 0.6) is 0 Å². The van der Waals surface area contributed by atoms with Crippen molar-refractivity contribution in [1.29, 1.82) is 0 Å². The molecule has 0 amide bonds. The molecule has 1 fully saturated rings. The molecule has 1 saturated carbocycles. The van der Waals surface area contributed by atoms with E-state index in [0.717, 1.165) is 18.7 Å².